The van der Waals surface area contributed by atoms with Gasteiger partial charge in [-0.1, -0.05) is 12.1 Å². The number of rotatable bonds is 3. The Kier molecular flexibility index (Phi) is 4.31. The number of carbonyl (C=O) groups is 2. The Hall–Kier alpha value is -3.29. The SMILES string of the molecule is COc1ccc(CN2C(=O)[C@@H]3CN(C(=O)O)CCN3c3cccnc32)cc1. The monoisotopic (exact) mass is 368 g/mol. The number of methoxy groups -OCH3 is 1. The van der Waals surface area contributed by atoms with Crippen molar-refractivity contribution in [3.8, 4) is 5.75 Å². The van der Waals surface area contributed by atoms with E-state index in [-0.39, 0.29) is 12.5 Å². The lowest BCUT2D eigenvalue weighted by Crippen LogP contribution is -2.63. The molecule has 2 aromatic rings. The Balaban J connectivity index is 1.67. The van der Waals surface area contributed by atoms with E-state index in [9.17, 15) is 14.7 Å². The molecule has 1 aromatic carbocycles. The predicted octanol–water partition coefficient (Wildman–Crippen LogP) is 1.81. The molecule has 27 heavy (non-hydrogen) atoms. The van der Waals surface area contributed by atoms with Crippen LogP contribution in [0.2, 0.25) is 0 Å². The Morgan fingerprint density at radius 3 is 2.74 bits per heavy atom. The second-order valence-electron chi connectivity index (χ2n) is 6.56. The Morgan fingerprint density at radius 1 is 1.26 bits per heavy atom. The van der Waals surface area contributed by atoms with E-state index in [1.165, 1.54) is 4.90 Å². The molecule has 3 heterocycles. The number of carboxylic acid groups (broad SMARTS) is 1. The minimum atomic E-state index is -0.999. The van der Waals surface area contributed by atoms with E-state index in [1.54, 1.807) is 18.2 Å². The van der Waals surface area contributed by atoms with E-state index >= 15 is 0 Å². The van der Waals surface area contributed by atoms with Crippen molar-refractivity contribution in [2.75, 3.05) is 36.5 Å². The summed E-state index contributed by atoms with van der Waals surface area (Å²) >= 11 is 0. The van der Waals surface area contributed by atoms with Gasteiger partial charge in [0.15, 0.2) is 5.82 Å². The maximum atomic E-state index is 13.2. The van der Waals surface area contributed by atoms with Crippen LogP contribution in [0.4, 0.5) is 16.3 Å². The number of hydrogen-bond donors (Lipinski definition) is 1. The highest BCUT2D eigenvalue weighted by Crippen LogP contribution is 2.36. The first-order valence-corrected chi connectivity index (χ1v) is 8.72. The van der Waals surface area contributed by atoms with Crippen LogP contribution in [0.5, 0.6) is 5.75 Å². The van der Waals surface area contributed by atoms with E-state index in [0.717, 1.165) is 17.0 Å². The summed E-state index contributed by atoms with van der Waals surface area (Å²) in [5, 5.41) is 9.32. The third kappa shape index (κ3) is 3.03. The molecule has 1 N–H and O–H groups in total. The van der Waals surface area contributed by atoms with Gasteiger partial charge in [0.25, 0.3) is 5.91 Å². The van der Waals surface area contributed by atoms with Crippen LogP contribution in [-0.4, -0.2) is 59.8 Å². The Bertz CT molecular complexity index is 870. The summed E-state index contributed by atoms with van der Waals surface area (Å²) in [5.41, 5.74) is 1.81. The average molecular weight is 368 g/mol. The number of amides is 2. The van der Waals surface area contributed by atoms with Crippen molar-refractivity contribution >= 4 is 23.5 Å². The quantitative estimate of drug-likeness (QED) is 0.889. The lowest BCUT2D eigenvalue weighted by molar-refractivity contribution is -0.121. The van der Waals surface area contributed by atoms with E-state index in [4.69, 9.17) is 4.74 Å². The number of pyridine rings is 1. The topological polar surface area (TPSA) is 86.2 Å². The summed E-state index contributed by atoms with van der Waals surface area (Å²) in [6.45, 7) is 1.36. The fourth-order valence-electron chi connectivity index (χ4n) is 3.63. The summed E-state index contributed by atoms with van der Waals surface area (Å²) in [6, 6.07) is 10.7. The highest BCUT2D eigenvalue weighted by molar-refractivity contribution is 6.04. The van der Waals surface area contributed by atoms with E-state index in [2.05, 4.69) is 4.98 Å². The standard InChI is InChI=1S/C19H20N4O4/c1-27-14-6-4-13(5-7-14)11-23-17-15(3-2-8-20-17)22-10-9-21(19(25)26)12-16(22)18(23)24/h2-8,16H,9-12H2,1H3,(H,25,26)/t16-/m0/s1. The lowest BCUT2D eigenvalue weighted by atomic mass is 10.0. The largest absolute Gasteiger partial charge is 0.497 e. The second kappa shape index (κ2) is 6.79. The molecule has 0 radical (unpaired) electrons. The number of ether oxygens (including phenoxy) is 1. The lowest BCUT2D eigenvalue weighted by Gasteiger charge is -2.46. The molecule has 2 aliphatic rings. The molecule has 4 rings (SSSR count). The maximum absolute atomic E-state index is 13.2. The third-order valence-electron chi connectivity index (χ3n) is 5.03. The average Bonchev–Trinajstić information content (AvgIpc) is 2.71. The van der Waals surface area contributed by atoms with Crippen LogP contribution >= 0.6 is 0 Å². The summed E-state index contributed by atoms with van der Waals surface area (Å²) in [4.78, 5) is 33.9. The van der Waals surface area contributed by atoms with Gasteiger partial charge in [-0.3, -0.25) is 9.69 Å². The third-order valence-corrected chi connectivity index (χ3v) is 5.03. The Labute approximate surface area is 156 Å². The highest BCUT2D eigenvalue weighted by atomic mass is 16.5. The maximum Gasteiger partial charge on any atom is 0.407 e. The minimum Gasteiger partial charge on any atom is -0.497 e. The molecule has 0 spiro atoms. The van der Waals surface area contributed by atoms with Crippen molar-refractivity contribution in [3.63, 3.8) is 0 Å². The van der Waals surface area contributed by atoms with E-state index in [0.29, 0.717) is 25.5 Å². The number of nitrogens with zero attached hydrogens (tertiary/aromatic N) is 4. The molecule has 2 aliphatic heterocycles. The summed E-state index contributed by atoms with van der Waals surface area (Å²) in [7, 11) is 1.61. The van der Waals surface area contributed by atoms with Crippen molar-refractivity contribution in [1.82, 2.24) is 9.88 Å². The zero-order valence-corrected chi connectivity index (χ0v) is 14.9. The first kappa shape index (κ1) is 17.1. The zero-order valence-electron chi connectivity index (χ0n) is 14.9. The number of benzene rings is 1. The minimum absolute atomic E-state index is 0.136. The first-order chi connectivity index (χ1) is 13.1. The number of carbonyl (C=O) groups excluding carboxylic acids is 1. The van der Waals surface area contributed by atoms with Crippen molar-refractivity contribution < 1.29 is 19.4 Å². The molecule has 1 saturated heterocycles. The molecule has 0 saturated carbocycles. The van der Waals surface area contributed by atoms with Gasteiger partial charge < -0.3 is 19.6 Å². The van der Waals surface area contributed by atoms with E-state index in [1.807, 2.05) is 41.3 Å². The van der Waals surface area contributed by atoms with Crippen LogP contribution in [0.15, 0.2) is 42.6 Å². The molecular weight excluding hydrogens is 348 g/mol. The molecule has 2 amide bonds. The zero-order chi connectivity index (χ0) is 19.0. The molecule has 1 atom stereocenters. The van der Waals surface area contributed by atoms with Crippen molar-refractivity contribution in [1.29, 1.82) is 0 Å². The van der Waals surface area contributed by atoms with E-state index < -0.39 is 12.1 Å². The van der Waals surface area contributed by atoms with Gasteiger partial charge in [0, 0.05) is 19.3 Å². The molecule has 8 nitrogen and oxygen atoms in total. The van der Waals surface area contributed by atoms with Crippen LogP contribution < -0.4 is 14.5 Å². The van der Waals surface area contributed by atoms with Crippen LogP contribution in [0.1, 0.15) is 5.56 Å². The Morgan fingerprint density at radius 2 is 2.04 bits per heavy atom. The van der Waals surface area contributed by atoms with Crippen LogP contribution in [0, 0.1) is 0 Å². The van der Waals surface area contributed by atoms with Crippen molar-refractivity contribution in [2.24, 2.45) is 0 Å². The van der Waals surface area contributed by atoms with Gasteiger partial charge in [0.1, 0.15) is 11.8 Å². The van der Waals surface area contributed by atoms with Gasteiger partial charge in [-0.2, -0.15) is 0 Å². The summed E-state index contributed by atoms with van der Waals surface area (Å²) in [6.07, 6.45) is 0.669. The van der Waals surface area contributed by atoms with Crippen LogP contribution in [0.25, 0.3) is 0 Å². The van der Waals surface area contributed by atoms with Gasteiger partial charge in [0.2, 0.25) is 0 Å². The number of aromatic nitrogens is 1. The fraction of sp³-hybridized carbons (Fsp3) is 0.316. The summed E-state index contributed by atoms with van der Waals surface area (Å²) in [5.74, 6) is 1.22. The van der Waals surface area contributed by atoms with Gasteiger partial charge in [-0.25, -0.2) is 9.78 Å². The summed E-state index contributed by atoms with van der Waals surface area (Å²) < 4.78 is 5.18. The van der Waals surface area contributed by atoms with Gasteiger partial charge in [-0.15, -0.1) is 0 Å². The first-order valence-electron chi connectivity index (χ1n) is 8.72. The highest BCUT2D eigenvalue weighted by Gasteiger charge is 2.43. The second-order valence-corrected chi connectivity index (χ2v) is 6.56. The molecule has 0 unspecified atom stereocenters. The molecule has 0 aliphatic carbocycles. The smallest absolute Gasteiger partial charge is 0.407 e. The molecule has 1 fully saturated rings. The number of piperazine rings is 1. The van der Waals surface area contributed by atoms with Crippen LogP contribution in [0.3, 0.4) is 0 Å². The molecular formula is C19H20N4O4. The number of hydrogen-bond acceptors (Lipinski definition) is 5. The molecule has 140 valence electrons. The molecule has 0 bridgehead atoms. The van der Waals surface area contributed by atoms with Gasteiger partial charge >= 0.3 is 6.09 Å². The van der Waals surface area contributed by atoms with Crippen LogP contribution in [-0.2, 0) is 11.3 Å². The number of anilines is 2. The van der Waals surface area contributed by atoms with Crippen molar-refractivity contribution in [3.05, 3.63) is 48.2 Å². The number of fused-ring (bicyclic) bond motifs is 3. The van der Waals surface area contributed by atoms with Gasteiger partial charge in [-0.05, 0) is 29.8 Å². The molecule has 8 heteroatoms. The molecule has 1 aromatic heterocycles. The predicted molar refractivity (Wildman–Crippen MR) is 99.2 cm³/mol. The van der Waals surface area contributed by atoms with Crippen molar-refractivity contribution in [2.45, 2.75) is 12.6 Å². The fourth-order valence-corrected chi connectivity index (χ4v) is 3.63. The normalized spacial score (nSPS) is 18.8. The van der Waals surface area contributed by atoms with Gasteiger partial charge in [0.05, 0.1) is 25.9 Å².